The Hall–Kier alpha value is -3.56. The molecule has 0 aliphatic heterocycles. The summed E-state index contributed by atoms with van der Waals surface area (Å²) in [6, 6.07) is 5.72. The van der Waals surface area contributed by atoms with E-state index in [0.717, 1.165) is 18.5 Å². The first kappa shape index (κ1) is 18.8. The Bertz CT molecular complexity index is 994. The molecule has 10 heteroatoms. The van der Waals surface area contributed by atoms with Gasteiger partial charge in [0.15, 0.2) is 0 Å². The second-order valence-corrected chi connectivity index (χ2v) is 6.70. The summed E-state index contributed by atoms with van der Waals surface area (Å²) in [5.74, 6) is 2.08. The number of ether oxygens (including phenoxy) is 2. The number of anilines is 1. The number of hydrogen-bond donors (Lipinski definition) is 2. The number of benzene rings is 1. The van der Waals surface area contributed by atoms with Crippen LogP contribution in [-0.4, -0.2) is 46.1 Å². The molecule has 2 heterocycles. The molecule has 0 atom stereocenters. The van der Waals surface area contributed by atoms with Gasteiger partial charge in [-0.1, -0.05) is 5.16 Å². The molecule has 1 aromatic carbocycles. The van der Waals surface area contributed by atoms with Crippen LogP contribution in [0.15, 0.2) is 35.1 Å². The third kappa shape index (κ3) is 4.65. The average molecular weight is 398 g/mol. The number of nitrogens with one attached hydrogen (secondary N) is 2. The summed E-state index contributed by atoms with van der Waals surface area (Å²) in [7, 11) is 3.16. The maximum atomic E-state index is 11.8. The molecular formula is C19H22N6O4. The van der Waals surface area contributed by atoms with Crippen molar-refractivity contribution in [3.63, 3.8) is 0 Å². The first-order valence-electron chi connectivity index (χ1n) is 9.25. The Morgan fingerprint density at radius 3 is 2.93 bits per heavy atom. The quantitative estimate of drug-likeness (QED) is 0.561. The van der Waals surface area contributed by atoms with Gasteiger partial charge in [0, 0.05) is 18.3 Å². The van der Waals surface area contributed by atoms with Gasteiger partial charge in [-0.25, -0.2) is 0 Å². The molecule has 2 aromatic heterocycles. The minimum Gasteiger partial charge on any atom is -0.497 e. The van der Waals surface area contributed by atoms with Crippen LogP contribution in [-0.2, 0) is 17.9 Å². The van der Waals surface area contributed by atoms with E-state index in [2.05, 4.69) is 25.9 Å². The fraction of sp³-hybridized carbons (Fsp3) is 0.368. The molecule has 4 rings (SSSR count). The monoisotopic (exact) mass is 398 g/mol. The lowest BCUT2D eigenvalue weighted by Gasteiger charge is -2.07. The molecular weight excluding hydrogens is 376 g/mol. The van der Waals surface area contributed by atoms with E-state index in [-0.39, 0.29) is 12.5 Å². The van der Waals surface area contributed by atoms with Gasteiger partial charge in [0.05, 0.1) is 38.2 Å². The van der Waals surface area contributed by atoms with E-state index in [1.54, 1.807) is 43.4 Å². The Morgan fingerprint density at radius 1 is 1.31 bits per heavy atom. The predicted molar refractivity (Wildman–Crippen MR) is 104 cm³/mol. The van der Waals surface area contributed by atoms with Gasteiger partial charge >= 0.3 is 0 Å². The lowest BCUT2D eigenvalue weighted by molar-refractivity contribution is -0.122. The van der Waals surface area contributed by atoms with E-state index in [1.165, 1.54) is 0 Å². The number of amides is 1. The Kier molecular flexibility index (Phi) is 5.32. The van der Waals surface area contributed by atoms with Crippen molar-refractivity contribution in [2.75, 3.05) is 19.5 Å². The van der Waals surface area contributed by atoms with Gasteiger partial charge in [-0.3, -0.25) is 9.48 Å². The van der Waals surface area contributed by atoms with Gasteiger partial charge in [0.1, 0.15) is 18.0 Å². The number of aromatic nitrogens is 4. The first-order valence-corrected chi connectivity index (χ1v) is 9.25. The molecule has 1 aliphatic carbocycles. The zero-order valence-electron chi connectivity index (χ0n) is 16.2. The van der Waals surface area contributed by atoms with Crippen LogP contribution in [0.2, 0.25) is 0 Å². The van der Waals surface area contributed by atoms with Crippen molar-refractivity contribution in [3.05, 3.63) is 36.5 Å². The van der Waals surface area contributed by atoms with Gasteiger partial charge in [-0.15, -0.1) is 0 Å². The van der Waals surface area contributed by atoms with Crippen molar-refractivity contribution in [2.24, 2.45) is 0 Å². The number of rotatable bonds is 9. The molecule has 1 fully saturated rings. The fourth-order valence-corrected chi connectivity index (χ4v) is 2.79. The van der Waals surface area contributed by atoms with Crippen molar-refractivity contribution < 1.29 is 18.8 Å². The van der Waals surface area contributed by atoms with Crippen molar-refractivity contribution >= 4 is 11.6 Å². The van der Waals surface area contributed by atoms with E-state index >= 15 is 0 Å². The molecule has 0 radical (unpaired) electrons. The van der Waals surface area contributed by atoms with Gasteiger partial charge in [0.2, 0.25) is 17.6 Å². The van der Waals surface area contributed by atoms with E-state index in [9.17, 15) is 4.79 Å². The third-order valence-electron chi connectivity index (χ3n) is 4.44. The fourth-order valence-electron chi connectivity index (χ4n) is 2.79. The highest BCUT2D eigenvalue weighted by Gasteiger charge is 2.23. The first-order chi connectivity index (χ1) is 14.1. The highest BCUT2D eigenvalue weighted by atomic mass is 16.5. The van der Waals surface area contributed by atoms with Crippen molar-refractivity contribution in [1.82, 2.24) is 25.2 Å². The van der Waals surface area contributed by atoms with E-state index < -0.39 is 0 Å². The van der Waals surface area contributed by atoms with Gasteiger partial charge in [0.25, 0.3) is 0 Å². The molecule has 1 amide bonds. The molecule has 3 aromatic rings. The molecule has 1 aliphatic rings. The Balaban J connectivity index is 1.36. The summed E-state index contributed by atoms with van der Waals surface area (Å²) < 4.78 is 17.5. The summed E-state index contributed by atoms with van der Waals surface area (Å²) in [5, 5.41) is 14.3. The summed E-state index contributed by atoms with van der Waals surface area (Å²) in [6.45, 7) is 0.519. The van der Waals surface area contributed by atoms with Crippen LogP contribution in [0.4, 0.5) is 5.69 Å². The average Bonchev–Trinajstić information content (AvgIpc) is 3.23. The zero-order valence-corrected chi connectivity index (χ0v) is 16.2. The standard InChI is InChI=1S/C19H22N6O4/c1-27-14-5-6-15(16(7-14)28-2)19-23-18(29-24-19)9-20-13-8-21-25(10-13)11-17(26)22-12-3-4-12/h5-8,10,12,20H,3-4,9,11H2,1-2H3,(H,22,26). The van der Waals surface area contributed by atoms with Gasteiger partial charge < -0.3 is 24.6 Å². The zero-order chi connectivity index (χ0) is 20.2. The van der Waals surface area contributed by atoms with Crippen LogP contribution in [0, 0.1) is 0 Å². The number of methoxy groups -OCH3 is 2. The van der Waals surface area contributed by atoms with Crippen LogP contribution < -0.4 is 20.1 Å². The third-order valence-corrected chi connectivity index (χ3v) is 4.44. The van der Waals surface area contributed by atoms with Gasteiger partial charge in [-0.05, 0) is 25.0 Å². The Labute approximate surface area is 167 Å². The number of carbonyl (C=O) groups is 1. The highest BCUT2D eigenvalue weighted by Crippen LogP contribution is 2.31. The molecule has 0 saturated heterocycles. The number of hydrogen-bond acceptors (Lipinski definition) is 8. The smallest absolute Gasteiger partial charge is 0.246 e. The molecule has 0 spiro atoms. The highest BCUT2D eigenvalue weighted by molar-refractivity contribution is 5.76. The molecule has 2 N–H and O–H groups in total. The van der Waals surface area contributed by atoms with E-state index in [4.69, 9.17) is 14.0 Å². The van der Waals surface area contributed by atoms with Crippen molar-refractivity contribution in [3.8, 4) is 22.9 Å². The summed E-state index contributed by atoms with van der Waals surface area (Å²) in [4.78, 5) is 16.2. The van der Waals surface area contributed by atoms with Crippen LogP contribution in [0.25, 0.3) is 11.4 Å². The van der Waals surface area contributed by atoms with Gasteiger partial charge in [-0.2, -0.15) is 10.1 Å². The maximum Gasteiger partial charge on any atom is 0.246 e. The van der Waals surface area contributed by atoms with Crippen LogP contribution in [0.5, 0.6) is 11.5 Å². The largest absolute Gasteiger partial charge is 0.497 e. The molecule has 29 heavy (non-hydrogen) atoms. The number of carbonyl (C=O) groups excluding carboxylic acids is 1. The Morgan fingerprint density at radius 2 is 2.17 bits per heavy atom. The molecule has 1 saturated carbocycles. The minimum atomic E-state index is -0.0304. The van der Waals surface area contributed by atoms with Crippen LogP contribution in [0.3, 0.4) is 0 Å². The summed E-state index contributed by atoms with van der Waals surface area (Å²) in [5.41, 5.74) is 1.46. The predicted octanol–water partition coefficient (Wildman–Crippen LogP) is 1.84. The molecule has 0 bridgehead atoms. The van der Waals surface area contributed by atoms with Crippen LogP contribution >= 0.6 is 0 Å². The normalized spacial score (nSPS) is 13.2. The second kappa shape index (κ2) is 8.21. The van der Waals surface area contributed by atoms with E-state index in [1.807, 2.05) is 6.07 Å². The molecule has 0 unspecified atom stereocenters. The lowest BCUT2D eigenvalue weighted by Crippen LogP contribution is -2.29. The van der Waals surface area contributed by atoms with Crippen molar-refractivity contribution in [2.45, 2.75) is 32.0 Å². The van der Waals surface area contributed by atoms with Crippen LogP contribution in [0.1, 0.15) is 18.7 Å². The van der Waals surface area contributed by atoms with Crippen molar-refractivity contribution in [1.29, 1.82) is 0 Å². The molecule has 152 valence electrons. The topological polar surface area (TPSA) is 116 Å². The minimum absolute atomic E-state index is 0.0304. The van der Waals surface area contributed by atoms with E-state index in [0.29, 0.717) is 41.4 Å². The summed E-state index contributed by atoms with van der Waals surface area (Å²) >= 11 is 0. The maximum absolute atomic E-state index is 11.8. The second-order valence-electron chi connectivity index (χ2n) is 6.70. The SMILES string of the molecule is COc1ccc(-c2noc(CNc3cnn(CC(=O)NC4CC4)c3)n2)c(OC)c1. The lowest BCUT2D eigenvalue weighted by atomic mass is 10.2. The molecule has 10 nitrogen and oxygen atoms in total. The summed E-state index contributed by atoms with van der Waals surface area (Å²) in [6.07, 6.45) is 5.53. The number of nitrogens with zero attached hydrogens (tertiary/aromatic N) is 4.